The Labute approximate surface area is 198 Å². The van der Waals surface area contributed by atoms with Gasteiger partial charge in [0, 0.05) is 17.8 Å². The molecule has 1 aromatic carbocycles. The molecule has 5 nitrogen and oxygen atoms in total. The van der Waals surface area contributed by atoms with E-state index in [0.29, 0.717) is 6.54 Å². The Hall–Kier alpha value is -2.01. The SMILES string of the molecule is CC(C)C1=CN(CC(C)(C)CC(=O)O)C(=O)N[C@]1(C)c1ccc(CCC(C)(C)C)c(Cl)c1. The van der Waals surface area contributed by atoms with E-state index in [1.165, 1.54) is 0 Å². The minimum absolute atomic E-state index is 0.00939. The average molecular weight is 463 g/mol. The average Bonchev–Trinajstić information content (AvgIpc) is 2.60. The Morgan fingerprint density at radius 3 is 2.34 bits per heavy atom. The van der Waals surface area contributed by atoms with Gasteiger partial charge in [-0.1, -0.05) is 72.2 Å². The lowest BCUT2D eigenvalue weighted by molar-refractivity contribution is -0.139. The van der Waals surface area contributed by atoms with Crippen molar-refractivity contribution < 1.29 is 14.7 Å². The third-order valence-electron chi connectivity index (χ3n) is 6.11. The normalized spacial score (nSPS) is 19.8. The number of rotatable bonds is 8. The molecule has 0 aliphatic carbocycles. The largest absolute Gasteiger partial charge is 0.481 e. The lowest BCUT2D eigenvalue weighted by Crippen LogP contribution is -2.56. The maximum Gasteiger partial charge on any atom is 0.322 e. The van der Waals surface area contributed by atoms with Crippen LogP contribution in [0.3, 0.4) is 0 Å². The van der Waals surface area contributed by atoms with Crippen LogP contribution in [-0.2, 0) is 16.8 Å². The number of aliphatic carboxylic acids is 1. The van der Waals surface area contributed by atoms with Gasteiger partial charge in [-0.15, -0.1) is 0 Å². The maximum absolute atomic E-state index is 13.1. The molecule has 1 aliphatic rings. The van der Waals surface area contributed by atoms with Gasteiger partial charge < -0.3 is 15.3 Å². The number of amides is 2. The summed E-state index contributed by atoms with van der Waals surface area (Å²) in [6.45, 7) is 16.9. The number of carboxylic acid groups (broad SMARTS) is 1. The molecule has 2 amide bonds. The van der Waals surface area contributed by atoms with Crippen LogP contribution in [0.4, 0.5) is 4.79 Å². The Morgan fingerprint density at radius 2 is 1.84 bits per heavy atom. The molecule has 0 bridgehead atoms. The van der Waals surface area contributed by atoms with Crippen LogP contribution >= 0.6 is 11.6 Å². The van der Waals surface area contributed by atoms with Crippen LogP contribution < -0.4 is 5.32 Å². The van der Waals surface area contributed by atoms with Gasteiger partial charge >= 0.3 is 12.0 Å². The van der Waals surface area contributed by atoms with Crippen molar-refractivity contribution in [2.75, 3.05) is 6.54 Å². The van der Waals surface area contributed by atoms with Crippen molar-refractivity contribution in [2.45, 2.75) is 80.2 Å². The summed E-state index contributed by atoms with van der Waals surface area (Å²) in [5.41, 5.74) is 2.11. The van der Waals surface area contributed by atoms with Gasteiger partial charge in [-0.3, -0.25) is 4.79 Å². The van der Waals surface area contributed by atoms with Crippen LogP contribution in [0.15, 0.2) is 30.0 Å². The van der Waals surface area contributed by atoms with Gasteiger partial charge in [-0.05, 0) is 59.3 Å². The summed E-state index contributed by atoms with van der Waals surface area (Å²) >= 11 is 6.67. The molecule has 0 unspecified atom stereocenters. The van der Waals surface area contributed by atoms with Crippen molar-refractivity contribution in [1.29, 1.82) is 0 Å². The van der Waals surface area contributed by atoms with Crippen LogP contribution in [0.1, 0.15) is 79.4 Å². The first-order valence-corrected chi connectivity index (χ1v) is 11.7. The van der Waals surface area contributed by atoms with Crippen LogP contribution in [0.2, 0.25) is 5.02 Å². The number of urea groups is 1. The molecule has 0 spiro atoms. The summed E-state index contributed by atoms with van der Waals surface area (Å²) in [6, 6.07) is 5.87. The van der Waals surface area contributed by atoms with E-state index in [9.17, 15) is 14.7 Å². The number of nitrogens with zero attached hydrogens (tertiary/aromatic N) is 1. The van der Waals surface area contributed by atoms with E-state index in [4.69, 9.17) is 11.6 Å². The molecule has 1 atom stereocenters. The van der Waals surface area contributed by atoms with E-state index in [1.807, 2.05) is 33.0 Å². The molecular formula is C26H39ClN2O3. The molecular weight excluding hydrogens is 424 g/mol. The molecule has 0 radical (unpaired) electrons. The Balaban J connectivity index is 2.38. The molecule has 0 aromatic heterocycles. The fraction of sp³-hybridized carbons (Fsp3) is 0.615. The quantitative estimate of drug-likeness (QED) is 0.457. The number of benzene rings is 1. The monoisotopic (exact) mass is 462 g/mol. The first-order chi connectivity index (χ1) is 14.5. The molecule has 1 aliphatic heterocycles. The highest BCUT2D eigenvalue weighted by Gasteiger charge is 2.41. The number of carbonyl (C=O) groups is 2. The molecule has 2 rings (SSSR count). The smallest absolute Gasteiger partial charge is 0.322 e. The fourth-order valence-corrected chi connectivity index (χ4v) is 4.57. The van der Waals surface area contributed by atoms with Gasteiger partial charge in [0.25, 0.3) is 0 Å². The summed E-state index contributed by atoms with van der Waals surface area (Å²) in [4.78, 5) is 25.9. The van der Waals surface area contributed by atoms with Crippen molar-refractivity contribution >= 4 is 23.6 Å². The van der Waals surface area contributed by atoms with Crippen molar-refractivity contribution in [2.24, 2.45) is 16.7 Å². The van der Waals surface area contributed by atoms with Crippen molar-refractivity contribution in [1.82, 2.24) is 10.2 Å². The lowest BCUT2D eigenvalue weighted by atomic mass is 9.77. The fourth-order valence-electron chi connectivity index (χ4n) is 4.29. The summed E-state index contributed by atoms with van der Waals surface area (Å²) in [5, 5.41) is 13.1. The molecule has 178 valence electrons. The van der Waals surface area contributed by atoms with Gasteiger partial charge in [0.15, 0.2) is 0 Å². The first-order valence-electron chi connectivity index (χ1n) is 11.4. The minimum atomic E-state index is -0.869. The summed E-state index contributed by atoms with van der Waals surface area (Å²) in [6.07, 6.45) is 3.84. The number of aryl methyl sites for hydroxylation is 1. The summed E-state index contributed by atoms with van der Waals surface area (Å²) in [5.74, 6) is -0.698. The highest BCUT2D eigenvalue weighted by Crippen LogP contribution is 2.39. The van der Waals surface area contributed by atoms with Crippen molar-refractivity contribution in [3.63, 3.8) is 0 Å². The van der Waals surface area contributed by atoms with Crippen LogP contribution in [0, 0.1) is 16.7 Å². The van der Waals surface area contributed by atoms with E-state index in [1.54, 1.807) is 4.90 Å². The number of hydrogen-bond acceptors (Lipinski definition) is 2. The second kappa shape index (κ2) is 9.46. The number of hydrogen-bond donors (Lipinski definition) is 2. The minimum Gasteiger partial charge on any atom is -0.481 e. The lowest BCUT2D eigenvalue weighted by Gasteiger charge is -2.44. The molecule has 6 heteroatoms. The van der Waals surface area contributed by atoms with Gasteiger partial charge in [0.2, 0.25) is 0 Å². The second-order valence-corrected chi connectivity index (χ2v) is 11.9. The zero-order valence-corrected chi connectivity index (χ0v) is 21.6. The molecule has 0 saturated carbocycles. The maximum atomic E-state index is 13.1. The third-order valence-corrected chi connectivity index (χ3v) is 6.47. The van der Waals surface area contributed by atoms with Crippen LogP contribution in [0.5, 0.6) is 0 Å². The number of carbonyl (C=O) groups excluding carboxylic acids is 1. The predicted molar refractivity (Wildman–Crippen MR) is 131 cm³/mol. The summed E-state index contributed by atoms with van der Waals surface area (Å²) < 4.78 is 0. The molecule has 0 fully saturated rings. The van der Waals surface area contributed by atoms with E-state index in [-0.39, 0.29) is 23.8 Å². The number of carboxylic acids is 1. The number of nitrogens with one attached hydrogen (secondary N) is 1. The van der Waals surface area contributed by atoms with Gasteiger partial charge in [0.05, 0.1) is 12.0 Å². The van der Waals surface area contributed by atoms with Crippen LogP contribution in [0.25, 0.3) is 0 Å². The molecule has 1 aromatic rings. The van der Waals surface area contributed by atoms with E-state index in [2.05, 4.69) is 52.1 Å². The molecule has 0 saturated heterocycles. The second-order valence-electron chi connectivity index (χ2n) is 11.5. The molecule has 2 N–H and O–H groups in total. The Bertz CT molecular complexity index is 899. The van der Waals surface area contributed by atoms with Gasteiger partial charge in [-0.25, -0.2) is 4.79 Å². The number of halogens is 1. The Kier molecular flexibility index (Phi) is 7.76. The topological polar surface area (TPSA) is 69.6 Å². The van der Waals surface area contributed by atoms with Crippen molar-refractivity contribution in [3.05, 3.63) is 46.1 Å². The Morgan fingerprint density at radius 1 is 1.22 bits per heavy atom. The highest BCUT2D eigenvalue weighted by molar-refractivity contribution is 6.31. The predicted octanol–water partition coefficient (Wildman–Crippen LogP) is 6.60. The zero-order valence-electron chi connectivity index (χ0n) is 20.8. The highest BCUT2D eigenvalue weighted by atomic mass is 35.5. The zero-order chi connectivity index (χ0) is 24.5. The molecule has 1 heterocycles. The van der Waals surface area contributed by atoms with E-state index in [0.717, 1.165) is 34.6 Å². The standard InChI is InChI=1S/C26H39ClN2O3/c1-17(2)20-15-29(16-25(6,7)14-22(30)31)23(32)28-26(20,8)19-10-9-18(21(27)13-19)11-12-24(3,4)5/h9-10,13,15,17H,11-12,14,16H2,1-8H3,(H,28,32)(H,30,31)/t26-/m1/s1. The summed E-state index contributed by atoms with van der Waals surface area (Å²) in [7, 11) is 0. The van der Waals surface area contributed by atoms with Crippen LogP contribution in [-0.4, -0.2) is 28.6 Å². The third kappa shape index (κ3) is 6.50. The first kappa shape index (κ1) is 26.2. The van der Waals surface area contributed by atoms with E-state index < -0.39 is 16.9 Å². The van der Waals surface area contributed by atoms with E-state index >= 15 is 0 Å². The van der Waals surface area contributed by atoms with Crippen molar-refractivity contribution in [3.8, 4) is 0 Å². The van der Waals surface area contributed by atoms with Gasteiger partial charge in [-0.2, -0.15) is 0 Å². The molecule has 32 heavy (non-hydrogen) atoms. The van der Waals surface area contributed by atoms with Gasteiger partial charge in [0.1, 0.15) is 0 Å².